The number of rotatable bonds is 1. The predicted molar refractivity (Wildman–Crippen MR) is 52.6 cm³/mol. The lowest BCUT2D eigenvalue weighted by atomic mass is 9.92. The second kappa shape index (κ2) is 3.10. The Morgan fingerprint density at radius 1 is 1.36 bits per heavy atom. The Balaban J connectivity index is 2.39. The lowest BCUT2D eigenvalue weighted by Crippen LogP contribution is -2.35. The molecule has 1 aliphatic heterocycles. The summed E-state index contributed by atoms with van der Waals surface area (Å²) >= 11 is 0. The van der Waals surface area contributed by atoms with Gasteiger partial charge in [-0.1, -0.05) is 30.3 Å². The van der Waals surface area contributed by atoms with Gasteiger partial charge in [0.05, 0.1) is 0 Å². The van der Waals surface area contributed by atoms with Crippen LogP contribution in [-0.2, 0) is 10.4 Å². The molecule has 0 bridgehead atoms. The normalized spacial score (nSPS) is 27.0. The van der Waals surface area contributed by atoms with E-state index in [1.54, 1.807) is 24.1 Å². The Morgan fingerprint density at radius 3 is 2.50 bits per heavy atom. The van der Waals surface area contributed by atoms with Crippen LogP contribution in [0.4, 0.5) is 0 Å². The Kier molecular flexibility index (Phi) is 2.04. The van der Waals surface area contributed by atoms with Crippen LogP contribution >= 0.6 is 0 Å². The highest BCUT2D eigenvalue weighted by molar-refractivity contribution is 5.88. The molecule has 14 heavy (non-hydrogen) atoms. The molecule has 0 radical (unpaired) electrons. The number of carbonyl (C=O) groups is 1. The Hall–Kier alpha value is -1.35. The maximum Gasteiger partial charge on any atom is 0.258 e. The third-order valence-electron chi connectivity index (χ3n) is 2.76. The molecule has 3 heteroatoms. The van der Waals surface area contributed by atoms with E-state index in [1.807, 2.05) is 18.2 Å². The number of nitrogens with zero attached hydrogens (tertiary/aromatic N) is 1. The molecule has 1 fully saturated rings. The monoisotopic (exact) mass is 191 g/mol. The highest BCUT2D eigenvalue weighted by atomic mass is 16.3. The number of benzene rings is 1. The summed E-state index contributed by atoms with van der Waals surface area (Å²) in [6.07, 6.45) is 0.479. The summed E-state index contributed by atoms with van der Waals surface area (Å²) < 4.78 is 0. The number of aliphatic hydroxyl groups is 1. The van der Waals surface area contributed by atoms with Crippen LogP contribution in [0.1, 0.15) is 12.0 Å². The zero-order valence-electron chi connectivity index (χ0n) is 8.10. The minimum Gasteiger partial charge on any atom is -0.375 e. The van der Waals surface area contributed by atoms with Crippen LogP contribution in [0.25, 0.3) is 0 Å². The third kappa shape index (κ3) is 1.21. The van der Waals surface area contributed by atoms with E-state index in [9.17, 15) is 9.90 Å². The van der Waals surface area contributed by atoms with Gasteiger partial charge in [0, 0.05) is 20.0 Å². The zero-order chi connectivity index (χ0) is 10.2. The highest BCUT2D eigenvalue weighted by Gasteiger charge is 2.44. The van der Waals surface area contributed by atoms with Gasteiger partial charge in [0.2, 0.25) is 0 Å². The van der Waals surface area contributed by atoms with Crippen molar-refractivity contribution < 1.29 is 9.90 Å². The summed E-state index contributed by atoms with van der Waals surface area (Å²) in [5.74, 6) is -0.205. The number of likely N-dealkylation sites (tertiary alicyclic amines) is 1. The summed E-state index contributed by atoms with van der Waals surface area (Å²) in [5.41, 5.74) is -0.606. The molecule has 1 aromatic carbocycles. The second-order valence-electron chi connectivity index (χ2n) is 3.70. The molecule has 1 amide bonds. The highest BCUT2D eigenvalue weighted by Crippen LogP contribution is 2.31. The smallest absolute Gasteiger partial charge is 0.258 e. The van der Waals surface area contributed by atoms with Crippen molar-refractivity contribution in [1.29, 1.82) is 0 Å². The van der Waals surface area contributed by atoms with Crippen molar-refractivity contribution in [1.82, 2.24) is 4.90 Å². The fraction of sp³-hybridized carbons (Fsp3) is 0.364. The van der Waals surface area contributed by atoms with Crippen LogP contribution in [0.2, 0.25) is 0 Å². The van der Waals surface area contributed by atoms with Gasteiger partial charge < -0.3 is 10.0 Å². The Labute approximate surface area is 83.0 Å². The average Bonchev–Trinajstić information content (AvgIpc) is 2.49. The van der Waals surface area contributed by atoms with Gasteiger partial charge in [-0.15, -0.1) is 0 Å². The van der Waals surface area contributed by atoms with Crippen LogP contribution in [-0.4, -0.2) is 29.5 Å². The molecule has 74 valence electrons. The van der Waals surface area contributed by atoms with Gasteiger partial charge in [-0.2, -0.15) is 0 Å². The molecule has 1 N–H and O–H groups in total. The van der Waals surface area contributed by atoms with E-state index >= 15 is 0 Å². The van der Waals surface area contributed by atoms with Crippen molar-refractivity contribution in [3.05, 3.63) is 35.9 Å². The van der Waals surface area contributed by atoms with Gasteiger partial charge in [-0.25, -0.2) is 0 Å². The molecule has 1 heterocycles. The topological polar surface area (TPSA) is 40.5 Å². The number of amides is 1. The quantitative estimate of drug-likeness (QED) is 0.711. The van der Waals surface area contributed by atoms with Gasteiger partial charge in [-0.05, 0) is 5.56 Å². The predicted octanol–water partition coefficient (Wildman–Crippen LogP) is 0.736. The standard InChI is InChI=1S/C11H13NO2/c1-12-8-7-11(14,10(12)13)9-5-3-2-4-6-9/h2-6,14H,7-8H2,1H3. The van der Waals surface area contributed by atoms with Crippen molar-refractivity contribution >= 4 is 5.91 Å². The molecular formula is C11H13NO2. The first-order valence-electron chi connectivity index (χ1n) is 4.68. The summed E-state index contributed by atoms with van der Waals surface area (Å²) in [6, 6.07) is 9.11. The zero-order valence-corrected chi connectivity index (χ0v) is 8.10. The fourth-order valence-corrected chi connectivity index (χ4v) is 1.84. The van der Waals surface area contributed by atoms with Crippen LogP contribution in [0.15, 0.2) is 30.3 Å². The van der Waals surface area contributed by atoms with Gasteiger partial charge >= 0.3 is 0 Å². The van der Waals surface area contributed by atoms with Crippen molar-refractivity contribution in [2.75, 3.05) is 13.6 Å². The minimum absolute atomic E-state index is 0.205. The molecular weight excluding hydrogens is 178 g/mol. The van der Waals surface area contributed by atoms with Gasteiger partial charge in [0.1, 0.15) is 0 Å². The minimum atomic E-state index is -1.30. The van der Waals surface area contributed by atoms with Crippen molar-refractivity contribution in [2.45, 2.75) is 12.0 Å². The molecule has 1 atom stereocenters. The first-order chi connectivity index (χ1) is 6.64. The van der Waals surface area contributed by atoms with Crippen molar-refractivity contribution in [3.63, 3.8) is 0 Å². The average molecular weight is 191 g/mol. The maximum atomic E-state index is 11.7. The molecule has 3 nitrogen and oxygen atoms in total. The van der Waals surface area contributed by atoms with E-state index in [1.165, 1.54) is 0 Å². The number of hydrogen-bond donors (Lipinski definition) is 1. The largest absolute Gasteiger partial charge is 0.375 e. The van der Waals surface area contributed by atoms with Gasteiger partial charge in [0.15, 0.2) is 5.60 Å². The van der Waals surface area contributed by atoms with Crippen LogP contribution in [0.3, 0.4) is 0 Å². The molecule has 0 aliphatic carbocycles. The van der Waals surface area contributed by atoms with Crippen LogP contribution in [0, 0.1) is 0 Å². The third-order valence-corrected chi connectivity index (χ3v) is 2.76. The first kappa shape index (κ1) is 9.21. The van der Waals surface area contributed by atoms with E-state index in [4.69, 9.17) is 0 Å². The molecule has 1 saturated heterocycles. The lowest BCUT2D eigenvalue weighted by molar-refractivity contribution is -0.143. The Bertz CT molecular complexity index is 350. The molecule has 0 saturated carbocycles. The summed E-state index contributed by atoms with van der Waals surface area (Å²) in [7, 11) is 1.71. The first-order valence-corrected chi connectivity index (χ1v) is 4.68. The van der Waals surface area contributed by atoms with E-state index in [2.05, 4.69) is 0 Å². The van der Waals surface area contributed by atoms with Crippen LogP contribution < -0.4 is 0 Å². The van der Waals surface area contributed by atoms with Crippen molar-refractivity contribution in [2.24, 2.45) is 0 Å². The summed E-state index contributed by atoms with van der Waals surface area (Å²) in [6.45, 7) is 0.615. The summed E-state index contributed by atoms with van der Waals surface area (Å²) in [5, 5.41) is 10.2. The summed E-state index contributed by atoms with van der Waals surface area (Å²) in [4.78, 5) is 13.3. The van der Waals surface area contributed by atoms with Crippen LogP contribution in [0.5, 0.6) is 0 Å². The van der Waals surface area contributed by atoms with E-state index in [0.717, 1.165) is 0 Å². The second-order valence-corrected chi connectivity index (χ2v) is 3.70. The Morgan fingerprint density at radius 2 is 2.00 bits per heavy atom. The molecule has 2 rings (SSSR count). The van der Waals surface area contributed by atoms with Gasteiger partial charge in [0.25, 0.3) is 5.91 Å². The molecule has 1 unspecified atom stereocenters. The van der Waals surface area contributed by atoms with Gasteiger partial charge in [-0.3, -0.25) is 4.79 Å². The van der Waals surface area contributed by atoms with E-state index < -0.39 is 5.60 Å². The van der Waals surface area contributed by atoms with Crippen molar-refractivity contribution in [3.8, 4) is 0 Å². The van der Waals surface area contributed by atoms with E-state index in [-0.39, 0.29) is 5.91 Å². The number of carbonyl (C=O) groups excluding carboxylic acids is 1. The lowest BCUT2D eigenvalue weighted by Gasteiger charge is -2.20. The SMILES string of the molecule is CN1CCC(O)(c2ccccc2)C1=O. The molecule has 1 aromatic rings. The number of likely N-dealkylation sites (N-methyl/N-ethyl adjacent to an activating group) is 1. The molecule has 0 spiro atoms. The maximum absolute atomic E-state index is 11.7. The number of hydrogen-bond acceptors (Lipinski definition) is 2. The molecule has 1 aliphatic rings. The fourth-order valence-electron chi connectivity index (χ4n) is 1.84. The van der Waals surface area contributed by atoms with E-state index in [0.29, 0.717) is 18.5 Å². The molecule has 0 aromatic heterocycles.